The van der Waals surface area contributed by atoms with E-state index in [0.717, 1.165) is 39.3 Å². The monoisotopic (exact) mass is 302 g/mol. The Morgan fingerprint density at radius 1 is 1.00 bits per heavy atom. The molecule has 1 aliphatic heterocycles. The Kier molecular flexibility index (Phi) is 2.42. The minimum absolute atomic E-state index is 0.0613. The van der Waals surface area contributed by atoms with Gasteiger partial charge in [0.25, 0.3) is 0 Å². The summed E-state index contributed by atoms with van der Waals surface area (Å²) < 4.78 is 6.14. The molecule has 1 aliphatic rings. The average Bonchev–Trinajstić information content (AvgIpc) is 3.11. The SMILES string of the molecule is CC1Nc2nccnc2N1c1cccc2c1oc1ccccc12. The van der Waals surface area contributed by atoms with Crippen molar-refractivity contribution >= 4 is 39.3 Å². The fraction of sp³-hybridized carbons (Fsp3) is 0.111. The van der Waals surface area contributed by atoms with Gasteiger partial charge in [0.2, 0.25) is 0 Å². The van der Waals surface area contributed by atoms with Gasteiger partial charge >= 0.3 is 0 Å². The summed E-state index contributed by atoms with van der Waals surface area (Å²) in [5, 5.41) is 5.60. The third-order valence-corrected chi connectivity index (χ3v) is 4.28. The van der Waals surface area contributed by atoms with E-state index >= 15 is 0 Å². The van der Waals surface area contributed by atoms with Crippen LogP contribution in [0, 0.1) is 0 Å². The standard InChI is InChI=1S/C18H14N4O/c1-11-21-17-18(20-10-9-19-17)22(11)14-7-4-6-13-12-5-2-3-8-15(12)23-16(13)14/h2-11H,1H3,(H,19,21). The van der Waals surface area contributed by atoms with E-state index in [9.17, 15) is 0 Å². The number of nitrogens with zero attached hydrogens (tertiary/aromatic N) is 3. The first kappa shape index (κ1) is 12.5. The lowest BCUT2D eigenvalue weighted by atomic mass is 10.1. The van der Waals surface area contributed by atoms with Crippen LogP contribution in [0.3, 0.4) is 0 Å². The second-order valence-corrected chi connectivity index (χ2v) is 5.67. The lowest BCUT2D eigenvalue weighted by Crippen LogP contribution is -2.28. The minimum atomic E-state index is 0.0613. The zero-order valence-electron chi connectivity index (χ0n) is 12.5. The Morgan fingerprint density at radius 3 is 2.78 bits per heavy atom. The van der Waals surface area contributed by atoms with Crippen LogP contribution in [-0.4, -0.2) is 16.1 Å². The smallest absolute Gasteiger partial charge is 0.178 e. The molecule has 1 N–H and O–H groups in total. The van der Waals surface area contributed by atoms with E-state index in [1.54, 1.807) is 12.4 Å². The molecule has 0 saturated heterocycles. The quantitative estimate of drug-likeness (QED) is 0.568. The first-order valence-corrected chi connectivity index (χ1v) is 7.60. The second kappa shape index (κ2) is 4.46. The van der Waals surface area contributed by atoms with Gasteiger partial charge in [-0.15, -0.1) is 0 Å². The van der Waals surface area contributed by atoms with E-state index in [1.807, 2.05) is 18.2 Å². The molecule has 1 unspecified atom stereocenters. The summed E-state index contributed by atoms with van der Waals surface area (Å²) in [7, 11) is 0. The lowest BCUT2D eigenvalue weighted by molar-refractivity contribution is 0.665. The molecule has 5 nitrogen and oxygen atoms in total. The molecule has 4 aromatic rings. The fourth-order valence-electron chi connectivity index (χ4n) is 3.30. The van der Waals surface area contributed by atoms with Crippen LogP contribution < -0.4 is 10.2 Å². The molecular weight excluding hydrogens is 288 g/mol. The van der Waals surface area contributed by atoms with Gasteiger partial charge in [0.1, 0.15) is 11.7 Å². The van der Waals surface area contributed by atoms with Crippen LogP contribution in [0.15, 0.2) is 59.3 Å². The Bertz CT molecular complexity index is 1040. The van der Waals surface area contributed by atoms with Crippen LogP contribution in [0.25, 0.3) is 21.9 Å². The van der Waals surface area contributed by atoms with Gasteiger partial charge in [0.15, 0.2) is 17.2 Å². The number of anilines is 3. The van der Waals surface area contributed by atoms with Gasteiger partial charge in [0.05, 0.1) is 5.69 Å². The molecule has 23 heavy (non-hydrogen) atoms. The predicted octanol–water partition coefficient (Wildman–Crippen LogP) is 4.29. The number of para-hydroxylation sites is 2. The highest BCUT2D eigenvalue weighted by atomic mass is 16.3. The first-order chi connectivity index (χ1) is 11.3. The van der Waals surface area contributed by atoms with Crippen LogP contribution in [0.5, 0.6) is 0 Å². The Balaban J connectivity index is 1.81. The molecule has 5 rings (SSSR count). The highest BCUT2D eigenvalue weighted by Gasteiger charge is 2.31. The van der Waals surface area contributed by atoms with Gasteiger partial charge in [-0.2, -0.15) is 0 Å². The summed E-state index contributed by atoms with van der Waals surface area (Å²) in [6.07, 6.45) is 3.47. The largest absolute Gasteiger partial charge is 0.454 e. The molecule has 0 amide bonds. The van der Waals surface area contributed by atoms with Crippen molar-refractivity contribution in [3.63, 3.8) is 0 Å². The Labute approximate surface area is 132 Å². The summed E-state index contributed by atoms with van der Waals surface area (Å²) in [6, 6.07) is 14.3. The van der Waals surface area contributed by atoms with Crippen LogP contribution in [0.2, 0.25) is 0 Å². The lowest BCUT2D eigenvalue weighted by Gasteiger charge is -2.22. The van der Waals surface area contributed by atoms with Crippen molar-refractivity contribution in [2.24, 2.45) is 0 Å². The third-order valence-electron chi connectivity index (χ3n) is 4.28. The Hall–Kier alpha value is -3.08. The molecule has 0 bridgehead atoms. The van der Waals surface area contributed by atoms with Crippen LogP contribution in [-0.2, 0) is 0 Å². The zero-order chi connectivity index (χ0) is 15.4. The van der Waals surface area contributed by atoms with E-state index in [-0.39, 0.29) is 6.17 Å². The van der Waals surface area contributed by atoms with Crippen molar-refractivity contribution in [1.29, 1.82) is 0 Å². The van der Waals surface area contributed by atoms with Gasteiger partial charge in [-0.1, -0.05) is 30.3 Å². The van der Waals surface area contributed by atoms with E-state index in [4.69, 9.17) is 4.42 Å². The molecule has 0 radical (unpaired) electrons. The van der Waals surface area contributed by atoms with Crippen molar-refractivity contribution < 1.29 is 4.42 Å². The summed E-state index contributed by atoms with van der Waals surface area (Å²) in [4.78, 5) is 11.0. The van der Waals surface area contributed by atoms with Crippen LogP contribution >= 0.6 is 0 Å². The second-order valence-electron chi connectivity index (χ2n) is 5.67. The molecule has 112 valence electrons. The summed E-state index contributed by atoms with van der Waals surface area (Å²) >= 11 is 0. The number of furan rings is 1. The number of fused-ring (bicyclic) bond motifs is 4. The first-order valence-electron chi connectivity index (χ1n) is 7.60. The van der Waals surface area contributed by atoms with Gasteiger partial charge in [-0.25, -0.2) is 9.97 Å². The number of nitrogens with one attached hydrogen (secondary N) is 1. The average molecular weight is 302 g/mol. The number of aromatic nitrogens is 2. The van der Waals surface area contributed by atoms with E-state index < -0.39 is 0 Å². The van der Waals surface area contributed by atoms with Gasteiger partial charge in [-0.3, -0.25) is 4.90 Å². The molecule has 2 aromatic heterocycles. The number of benzene rings is 2. The molecule has 0 aliphatic carbocycles. The number of hydrogen-bond acceptors (Lipinski definition) is 5. The predicted molar refractivity (Wildman–Crippen MR) is 91.0 cm³/mol. The Morgan fingerprint density at radius 2 is 1.83 bits per heavy atom. The molecule has 2 aromatic carbocycles. The normalized spacial score (nSPS) is 16.7. The molecular formula is C18H14N4O. The number of hydrogen-bond donors (Lipinski definition) is 1. The summed E-state index contributed by atoms with van der Waals surface area (Å²) in [5.74, 6) is 1.63. The maximum absolute atomic E-state index is 6.14. The zero-order valence-corrected chi connectivity index (χ0v) is 12.5. The molecule has 0 saturated carbocycles. The number of rotatable bonds is 1. The topological polar surface area (TPSA) is 54.2 Å². The third kappa shape index (κ3) is 1.67. The van der Waals surface area contributed by atoms with Gasteiger partial charge in [0, 0.05) is 23.2 Å². The van der Waals surface area contributed by atoms with Crippen molar-refractivity contribution in [2.75, 3.05) is 10.2 Å². The van der Waals surface area contributed by atoms with Crippen LogP contribution in [0.4, 0.5) is 17.3 Å². The van der Waals surface area contributed by atoms with Crippen molar-refractivity contribution in [1.82, 2.24) is 9.97 Å². The van der Waals surface area contributed by atoms with E-state index in [1.165, 1.54) is 0 Å². The molecule has 5 heteroatoms. The molecule has 3 heterocycles. The molecule has 0 fully saturated rings. The highest BCUT2D eigenvalue weighted by Crippen LogP contribution is 2.42. The summed E-state index contributed by atoms with van der Waals surface area (Å²) in [5.41, 5.74) is 2.77. The van der Waals surface area contributed by atoms with Crippen LogP contribution in [0.1, 0.15) is 6.92 Å². The van der Waals surface area contributed by atoms with E-state index in [0.29, 0.717) is 0 Å². The summed E-state index contributed by atoms with van der Waals surface area (Å²) in [6.45, 7) is 2.09. The molecule has 1 atom stereocenters. The fourth-order valence-corrected chi connectivity index (χ4v) is 3.30. The van der Waals surface area contributed by atoms with Gasteiger partial charge in [-0.05, 0) is 19.1 Å². The van der Waals surface area contributed by atoms with Crippen molar-refractivity contribution in [3.8, 4) is 0 Å². The molecule has 0 spiro atoms. The maximum Gasteiger partial charge on any atom is 0.178 e. The minimum Gasteiger partial charge on any atom is -0.454 e. The van der Waals surface area contributed by atoms with E-state index in [2.05, 4.69) is 51.4 Å². The highest BCUT2D eigenvalue weighted by molar-refractivity contribution is 6.09. The van der Waals surface area contributed by atoms with Crippen molar-refractivity contribution in [2.45, 2.75) is 13.1 Å². The van der Waals surface area contributed by atoms with Gasteiger partial charge < -0.3 is 9.73 Å². The van der Waals surface area contributed by atoms with Crippen molar-refractivity contribution in [3.05, 3.63) is 54.9 Å². The maximum atomic E-state index is 6.14.